The highest BCUT2D eigenvalue weighted by atomic mass is 79.9. The summed E-state index contributed by atoms with van der Waals surface area (Å²) in [7, 11) is 3.97. The van der Waals surface area contributed by atoms with E-state index in [2.05, 4.69) is 21.0 Å². The molecule has 20 heavy (non-hydrogen) atoms. The van der Waals surface area contributed by atoms with Crippen LogP contribution in [0, 0.1) is 0 Å². The molecule has 0 aliphatic carbocycles. The van der Waals surface area contributed by atoms with Crippen molar-refractivity contribution in [1.29, 1.82) is 0 Å². The Labute approximate surface area is 126 Å². The van der Waals surface area contributed by atoms with Crippen LogP contribution in [0.4, 0.5) is 5.69 Å². The van der Waals surface area contributed by atoms with Gasteiger partial charge in [-0.15, -0.1) is 0 Å². The van der Waals surface area contributed by atoms with Gasteiger partial charge in [0.2, 0.25) is 5.78 Å². The summed E-state index contributed by atoms with van der Waals surface area (Å²) in [5.41, 5.74) is 7.45. The molecule has 6 heteroatoms. The number of likely N-dealkylation sites (N-methyl/N-ethyl adjacent to an activating group) is 1. The van der Waals surface area contributed by atoms with E-state index in [1.165, 1.54) is 0 Å². The van der Waals surface area contributed by atoms with Crippen LogP contribution in [0.2, 0.25) is 0 Å². The van der Waals surface area contributed by atoms with Gasteiger partial charge in [0.05, 0.1) is 17.2 Å². The molecule has 1 aromatic carbocycles. The van der Waals surface area contributed by atoms with Crippen molar-refractivity contribution >= 4 is 27.4 Å². The van der Waals surface area contributed by atoms with Gasteiger partial charge in [-0.2, -0.15) is 5.10 Å². The zero-order chi connectivity index (χ0) is 14.7. The summed E-state index contributed by atoms with van der Waals surface area (Å²) in [5.74, 6) is -0.0619. The van der Waals surface area contributed by atoms with Gasteiger partial charge in [0.1, 0.15) is 5.69 Å². The average Bonchev–Trinajstić information content (AvgIpc) is 2.77. The molecule has 0 fully saturated rings. The minimum Gasteiger partial charge on any atom is -0.399 e. The minimum absolute atomic E-state index is 0.0619. The van der Waals surface area contributed by atoms with Gasteiger partial charge >= 0.3 is 0 Å². The molecule has 0 radical (unpaired) electrons. The van der Waals surface area contributed by atoms with E-state index in [1.807, 2.05) is 19.0 Å². The Balaban J connectivity index is 2.29. The monoisotopic (exact) mass is 336 g/mol. The van der Waals surface area contributed by atoms with Crippen LogP contribution in [-0.2, 0) is 6.54 Å². The number of carbonyl (C=O) groups excluding carboxylic acids is 1. The quantitative estimate of drug-likeness (QED) is 0.670. The number of nitrogen functional groups attached to an aromatic ring is 1. The first kappa shape index (κ1) is 14.7. The molecule has 1 aromatic heterocycles. The summed E-state index contributed by atoms with van der Waals surface area (Å²) in [6.07, 6.45) is 1.65. The van der Waals surface area contributed by atoms with Crippen molar-refractivity contribution in [2.45, 2.75) is 6.54 Å². The highest BCUT2D eigenvalue weighted by Gasteiger charge is 2.18. The summed E-state index contributed by atoms with van der Waals surface area (Å²) >= 11 is 3.39. The lowest BCUT2D eigenvalue weighted by atomic mass is 10.1. The van der Waals surface area contributed by atoms with Crippen LogP contribution in [-0.4, -0.2) is 41.1 Å². The van der Waals surface area contributed by atoms with Crippen molar-refractivity contribution in [3.05, 3.63) is 46.2 Å². The number of benzene rings is 1. The third kappa shape index (κ3) is 3.26. The Kier molecular flexibility index (Phi) is 4.57. The SMILES string of the molecule is CN(C)CCn1ncc(Br)c1C(=O)c1ccc(N)cc1. The number of carbonyl (C=O) groups is 1. The van der Waals surface area contributed by atoms with Crippen LogP contribution < -0.4 is 5.73 Å². The van der Waals surface area contributed by atoms with Crippen molar-refractivity contribution in [3.8, 4) is 0 Å². The summed E-state index contributed by atoms with van der Waals surface area (Å²) in [6, 6.07) is 6.91. The Hall–Kier alpha value is -1.66. The van der Waals surface area contributed by atoms with E-state index in [9.17, 15) is 4.79 Å². The highest BCUT2D eigenvalue weighted by Crippen LogP contribution is 2.20. The van der Waals surface area contributed by atoms with E-state index < -0.39 is 0 Å². The van der Waals surface area contributed by atoms with E-state index in [0.717, 1.165) is 6.54 Å². The Morgan fingerprint density at radius 2 is 2.00 bits per heavy atom. The number of nitrogens with zero attached hydrogens (tertiary/aromatic N) is 3. The second kappa shape index (κ2) is 6.19. The third-order valence-corrected chi connectivity index (χ3v) is 3.52. The average molecular weight is 337 g/mol. The first-order valence-corrected chi connectivity index (χ1v) is 7.04. The van der Waals surface area contributed by atoms with E-state index in [-0.39, 0.29) is 5.78 Å². The number of anilines is 1. The fourth-order valence-electron chi connectivity index (χ4n) is 1.82. The third-order valence-electron chi connectivity index (χ3n) is 2.94. The number of rotatable bonds is 5. The molecule has 0 aliphatic rings. The van der Waals surface area contributed by atoms with E-state index in [0.29, 0.717) is 28.0 Å². The first-order chi connectivity index (χ1) is 9.49. The number of nitrogens with two attached hydrogens (primary N) is 1. The van der Waals surface area contributed by atoms with Crippen molar-refractivity contribution in [2.75, 3.05) is 26.4 Å². The fraction of sp³-hybridized carbons (Fsp3) is 0.286. The number of ketones is 1. The molecule has 0 atom stereocenters. The second-order valence-electron chi connectivity index (χ2n) is 4.82. The number of hydrogen-bond acceptors (Lipinski definition) is 4. The predicted molar refractivity (Wildman–Crippen MR) is 82.8 cm³/mol. The maximum atomic E-state index is 12.6. The van der Waals surface area contributed by atoms with E-state index in [4.69, 9.17) is 5.73 Å². The standard InChI is InChI=1S/C14H17BrN4O/c1-18(2)7-8-19-13(12(15)9-17-19)14(20)10-3-5-11(16)6-4-10/h3-6,9H,7-8,16H2,1-2H3. The largest absolute Gasteiger partial charge is 0.399 e. The van der Waals surface area contributed by atoms with Crippen LogP contribution in [0.25, 0.3) is 0 Å². The van der Waals surface area contributed by atoms with Gasteiger partial charge in [0.25, 0.3) is 0 Å². The molecule has 0 spiro atoms. The molecule has 0 saturated carbocycles. The molecule has 2 rings (SSSR count). The molecule has 0 aliphatic heterocycles. The maximum absolute atomic E-state index is 12.6. The van der Waals surface area contributed by atoms with Gasteiger partial charge in [-0.1, -0.05) is 0 Å². The summed E-state index contributed by atoms with van der Waals surface area (Å²) in [5, 5.41) is 4.25. The van der Waals surface area contributed by atoms with Crippen molar-refractivity contribution in [2.24, 2.45) is 0 Å². The molecule has 2 aromatic rings. The molecule has 0 unspecified atom stereocenters. The van der Waals surface area contributed by atoms with E-state index >= 15 is 0 Å². The van der Waals surface area contributed by atoms with Gasteiger partial charge in [0, 0.05) is 17.8 Å². The summed E-state index contributed by atoms with van der Waals surface area (Å²) in [4.78, 5) is 14.6. The molecule has 0 amide bonds. The molecule has 2 N–H and O–H groups in total. The van der Waals surface area contributed by atoms with Crippen molar-refractivity contribution in [1.82, 2.24) is 14.7 Å². The zero-order valence-corrected chi connectivity index (χ0v) is 13.1. The summed E-state index contributed by atoms with van der Waals surface area (Å²) < 4.78 is 2.43. The van der Waals surface area contributed by atoms with Crippen molar-refractivity contribution < 1.29 is 4.79 Å². The lowest BCUT2D eigenvalue weighted by molar-refractivity contribution is 0.102. The number of hydrogen-bond donors (Lipinski definition) is 1. The number of halogens is 1. The fourth-order valence-corrected chi connectivity index (χ4v) is 2.30. The maximum Gasteiger partial charge on any atom is 0.212 e. The Morgan fingerprint density at radius 1 is 1.35 bits per heavy atom. The predicted octanol–water partition coefficient (Wildman–Crippen LogP) is 2.02. The second-order valence-corrected chi connectivity index (χ2v) is 5.67. The normalized spacial score (nSPS) is 11.0. The summed E-state index contributed by atoms with van der Waals surface area (Å²) in [6.45, 7) is 1.48. The van der Waals surface area contributed by atoms with Crippen LogP contribution in [0.3, 0.4) is 0 Å². The molecular formula is C14H17BrN4O. The van der Waals surface area contributed by atoms with Gasteiger partial charge in [-0.25, -0.2) is 0 Å². The number of aromatic nitrogens is 2. The Morgan fingerprint density at radius 3 is 2.60 bits per heavy atom. The molecular weight excluding hydrogens is 320 g/mol. The smallest absolute Gasteiger partial charge is 0.212 e. The minimum atomic E-state index is -0.0619. The molecule has 0 saturated heterocycles. The van der Waals surface area contributed by atoms with Gasteiger partial charge in [-0.3, -0.25) is 9.48 Å². The molecule has 0 bridgehead atoms. The van der Waals surface area contributed by atoms with Crippen LogP contribution in [0.15, 0.2) is 34.9 Å². The lowest BCUT2D eigenvalue weighted by Crippen LogP contribution is -2.21. The molecule has 5 nitrogen and oxygen atoms in total. The van der Waals surface area contributed by atoms with E-state index in [1.54, 1.807) is 35.1 Å². The van der Waals surface area contributed by atoms with Gasteiger partial charge < -0.3 is 10.6 Å². The van der Waals surface area contributed by atoms with Gasteiger partial charge in [-0.05, 0) is 54.3 Å². The van der Waals surface area contributed by atoms with Crippen molar-refractivity contribution in [3.63, 3.8) is 0 Å². The lowest BCUT2D eigenvalue weighted by Gasteiger charge is -2.11. The first-order valence-electron chi connectivity index (χ1n) is 6.25. The van der Waals surface area contributed by atoms with Crippen LogP contribution in [0.5, 0.6) is 0 Å². The zero-order valence-electron chi connectivity index (χ0n) is 11.5. The molecule has 106 valence electrons. The van der Waals surface area contributed by atoms with Gasteiger partial charge in [0.15, 0.2) is 0 Å². The van der Waals surface area contributed by atoms with Crippen LogP contribution >= 0.6 is 15.9 Å². The highest BCUT2D eigenvalue weighted by molar-refractivity contribution is 9.10. The topological polar surface area (TPSA) is 64.2 Å². The Bertz CT molecular complexity index is 604. The van der Waals surface area contributed by atoms with Crippen LogP contribution in [0.1, 0.15) is 16.1 Å². The molecule has 1 heterocycles.